The summed E-state index contributed by atoms with van der Waals surface area (Å²) in [5, 5.41) is 5.48. The summed E-state index contributed by atoms with van der Waals surface area (Å²) < 4.78 is 18.8. The summed E-state index contributed by atoms with van der Waals surface area (Å²) in [4.78, 5) is 12.2. The molecule has 0 saturated heterocycles. The van der Waals surface area contributed by atoms with E-state index >= 15 is 0 Å². The maximum absolute atomic E-state index is 13.2. The molecular formula is C17H15FN2O2. The molecule has 0 saturated carbocycles. The van der Waals surface area contributed by atoms with Gasteiger partial charge in [-0.2, -0.15) is 0 Å². The fraction of sp³-hybridized carbons (Fsp3) is 0.176. The number of halogens is 1. The number of carbonyl (C=O) groups excluding carboxylic acids is 1. The van der Waals surface area contributed by atoms with Crippen LogP contribution in [0.5, 0.6) is 0 Å². The second-order valence-corrected chi connectivity index (χ2v) is 4.96. The largest absolute Gasteiger partial charge is 0.475 e. The molecule has 22 heavy (non-hydrogen) atoms. The average Bonchev–Trinajstić information content (AvgIpc) is 3.02. The van der Waals surface area contributed by atoms with Crippen molar-refractivity contribution in [2.45, 2.75) is 13.0 Å². The van der Waals surface area contributed by atoms with E-state index in [2.05, 4.69) is 5.10 Å². The van der Waals surface area contributed by atoms with Crippen LogP contribution in [0.15, 0.2) is 59.7 Å². The zero-order chi connectivity index (χ0) is 15.4. The number of hydrazone groups is 1. The summed E-state index contributed by atoms with van der Waals surface area (Å²) in [6, 6.07) is 15.3. The Hall–Kier alpha value is -2.69. The van der Waals surface area contributed by atoms with Gasteiger partial charge in [0, 0.05) is 12.0 Å². The number of nitrogens with zero attached hydrogens (tertiary/aromatic N) is 2. The molecule has 0 aromatic heterocycles. The lowest BCUT2D eigenvalue weighted by molar-refractivity contribution is 0.0776. The minimum Gasteiger partial charge on any atom is -0.475 e. The van der Waals surface area contributed by atoms with E-state index in [0.29, 0.717) is 25.5 Å². The topological polar surface area (TPSA) is 41.9 Å². The van der Waals surface area contributed by atoms with Crippen LogP contribution in [0.3, 0.4) is 0 Å². The highest BCUT2D eigenvalue weighted by Crippen LogP contribution is 2.14. The van der Waals surface area contributed by atoms with E-state index < -0.39 is 5.82 Å². The molecule has 0 spiro atoms. The van der Waals surface area contributed by atoms with Crippen molar-refractivity contribution in [3.05, 3.63) is 71.5 Å². The third-order valence-electron chi connectivity index (χ3n) is 3.32. The molecule has 1 aliphatic rings. The molecule has 1 aliphatic heterocycles. The van der Waals surface area contributed by atoms with Gasteiger partial charge in [-0.1, -0.05) is 36.4 Å². The number of ether oxygens (including phenoxy) is 1. The Morgan fingerprint density at radius 2 is 2.00 bits per heavy atom. The van der Waals surface area contributed by atoms with Crippen molar-refractivity contribution >= 4 is 11.8 Å². The fourth-order valence-corrected chi connectivity index (χ4v) is 2.20. The number of carbonyl (C=O) groups is 1. The Balaban J connectivity index is 1.63. The third-order valence-corrected chi connectivity index (χ3v) is 3.32. The standard InChI is InChI=1S/C17H15FN2O2/c18-15-8-4-7-14(11-15)17(21)20-10-9-16(19-20)22-12-13-5-2-1-3-6-13/h1-8,11H,9-10,12H2. The van der Waals surface area contributed by atoms with E-state index in [0.717, 1.165) is 5.56 Å². The molecule has 112 valence electrons. The van der Waals surface area contributed by atoms with E-state index in [1.165, 1.54) is 23.2 Å². The van der Waals surface area contributed by atoms with Crippen LogP contribution in [0, 0.1) is 5.82 Å². The molecule has 2 aromatic carbocycles. The van der Waals surface area contributed by atoms with Crippen molar-refractivity contribution in [1.29, 1.82) is 0 Å². The molecule has 2 aromatic rings. The molecule has 1 heterocycles. The normalized spacial score (nSPS) is 13.9. The Bertz CT molecular complexity index is 701. The van der Waals surface area contributed by atoms with Crippen molar-refractivity contribution in [3.63, 3.8) is 0 Å². The van der Waals surface area contributed by atoms with Gasteiger partial charge in [-0.15, -0.1) is 5.10 Å². The molecule has 5 heteroatoms. The lowest BCUT2D eigenvalue weighted by Gasteiger charge is -2.10. The van der Waals surface area contributed by atoms with Crippen molar-refractivity contribution in [3.8, 4) is 0 Å². The van der Waals surface area contributed by atoms with Gasteiger partial charge < -0.3 is 4.74 Å². The van der Waals surface area contributed by atoms with Gasteiger partial charge in [0.05, 0.1) is 6.54 Å². The Morgan fingerprint density at radius 1 is 1.18 bits per heavy atom. The number of benzene rings is 2. The van der Waals surface area contributed by atoms with Crippen LogP contribution in [0.2, 0.25) is 0 Å². The van der Waals surface area contributed by atoms with Gasteiger partial charge in [-0.3, -0.25) is 4.79 Å². The number of hydrogen-bond donors (Lipinski definition) is 0. The molecule has 0 bridgehead atoms. The predicted octanol–water partition coefficient (Wildman–Crippen LogP) is 3.20. The highest BCUT2D eigenvalue weighted by molar-refractivity contribution is 5.96. The monoisotopic (exact) mass is 298 g/mol. The van der Waals surface area contributed by atoms with Crippen LogP contribution in [0.25, 0.3) is 0 Å². The van der Waals surface area contributed by atoms with Crippen LogP contribution in [-0.4, -0.2) is 23.4 Å². The summed E-state index contributed by atoms with van der Waals surface area (Å²) in [7, 11) is 0. The first kappa shape index (κ1) is 14.3. The summed E-state index contributed by atoms with van der Waals surface area (Å²) in [6.07, 6.45) is 0.563. The highest BCUT2D eigenvalue weighted by atomic mass is 19.1. The Kier molecular flexibility index (Phi) is 4.14. The molecule has 0 fully saturated rings. The van der Waals surface area contributed by atoms with Crippen LogP contribution < -0.4 is 0 Å². The molecule has 4 nitrogen and oxygen atoms in total. The summed E-state index contributed by atoms with van der Waals surface area (Å²) in [5.41, 5.74) is 1.33. The molecule has 1 amide bonds. The zero-order valence-corrected chi connectivity index (χ0v) is 11.9. The maximum atomic E-state index is 13.2. The van der Waals surface area contributed by atoms with E-state index in [9.17, 15) is 9.18 Å². The molecule has 0 atom stereocenters. The molecule has 0 radical (unpaired) electrons. The third kappa shape index (κ3) is 3.31. The van der Waals surface area contributed by atoms with Crippen molar-refractivity contribution in [2.24, 2.45) is 5.10 Å². The smallest absolute Gasteiger partial charge is 0.274 e. The molecule has 0 unspecified atom stereocenters. The first-order valence-electron chi connectivity index (χ1n) is 7.04. The van der Waals surface area contributed by atoms with Crippen LogP contribution in [-0.2, 0) is 11.3 Å². The van der Waals surface area contributed by atoms with Gasteiger partial charge in [0.2, 0.25) is 5.90 Å². The van der Waals surface area contributed by atoms with Crippen molar-refractivity contribution in [1.82, 2.24) is 5.01 Å². The SMILES string of the molecule is O=C(c1cccc(F)c1)N1CCC(OCc2ccccc2)=N1. The lowest BCUT2D eigenvalue weighted by atomic mass is 10.2. The molecular weight excluding hydrogens is 283 g/mol. The van der Waals surface area contributed by atoms with Crippen LogP contribution in [0.4, 0.5) is 4.39 Å². The minimum absolute atomic E-state index is 0.285. The van der Waals surface area contributed by atoms with Gasteiger partial charge in [0.15, 0.2) is 0 Å². The quantitative estimate of drug-likeness (QED) is 0.873. The van der Waals surface area contributed by atoms with Crippen molar-refractivity contribution in [2.75, 3.05) is 6.54 Å². The second kappa shape index (κ2) is 6.39. The van der Waals surface area contributed by atoms with Gasteiger partial charge in [-0.25, -0.2) is 9.40 Å². The summed E-state index contributed by atoms with van der Waals surface area (Å²) >= 11 is 0. The van der Waals surface area contributed by atoms with Gasteiger partial charge in [0.1, 0.15) is 12.4 Å². The fourth-order valence-electron chi connectivity index (χ4n) is 2.20. The Labute approximate surface area is 127 Å². The minimum atomic E-state index is -0.436. The number of hydrogen-bond acceptors (Lipinski definition) is 3. The predicted molar refractivity (Wildman–Crippen MR) is 80.7 cm³/mol. The average molecular weight is 298 g/mol. The molecule has 0 N–H and O–H groups in total. The van der Waals surface area contributed by atoms with Gasteiger partial charge in [0.25, 0.3) is 5.91 Å². The first-order chi connectivity index (χ1) is 10.7. The first-order valence-corrected chi connectivity index (χ1v) is 7.04. The van der Waals surface area contributed by atoms with Gasteiger partial charge >= 0.3 is 0 Å². The second-order valence-electron chi connectivity index (χ2n) is 4.96. The highest BCUT2D eigenvalue weighted by Gasteiger charge is 2.23. The summed E-state index contributed by atoms with van der Waals surface area (Å²) in [6.45, 7) is 0.862. The van der Waals surface area contributed by atoms with Crippen LogP contribution >= 0.6 is 0 Å². The lowest BCUT2D eigenvalue weighted by Crippen LogP contribution is -2.23. The Morgan fingerprint density at radius 3 is 2.77 bits per heavy atom. The van der Waals surface area contributed by atoms with E-state index in [4.69, 9.17) is 4.74 Å². The van der Waals surface area contributed by atoms with Crippen molar-refractivity contribution < 1.29 is 13.9 Å². The maximum Gasteiger partial charge on any atom is 0.274 e. The van der Waals surface area contributed by atoms with E-state index in [-0.39, 0.29) is 11.5 Å². The van der Waals surface area contributed by atoms with Gasteiger partial charge in [-0.05, 0) is 23.8 Å². The molecule has 3 rings (SSSR count). The van der Waals surface area contributed by atoms with E-state index in [1.807, 2.05) is 30.3 Å². The number of amides is 1. The summed E-state index contributed by atoms with van der Waals surface area (Å²) in [5.74, 6) is -0.235. The van der Waals surface area contributed by atoms with E-state index in [1.54, 1.807) is 6.07 Å². The van der Waals surface area contributed by atoms with Crippen LogP contribution in [0.1, 0.15) is 22.3 Å². The number of rotatable bonds is 3. The molecule has 0 aliphatic carbocycles. The zero-order valence-electron chi connectivity index (χ0n) is 11.9.